The van der Waals surface area contributed by atoms with Crippen LogP contribution in [0.5, 0.6) is 0 Å². The number of rotatable bonds is 6. The Bertz CT molecular complexity index is 1460. The highest BCUT2D eigenvalue weighted by molar-refractivity contribution is 7.91. The number of hydrogen-bond acceptors (Lipinski definition) is 5. The van der Waals surface area contributed by atoms with E-state index in [0.29, 0.717) is 18.2 Å². The second-order valence-corrected chi connectivity index (χ2v) is 9.62. The Labute approximate surface area is 196 Å². The van der Waals surface area contributed by atoms with E-state index in [2.05, 4.69) is 21.7 Å². The molecule has 13 heteroatoms. The average molecular weight is 516 g/mol. The van der Waals surface area contributed by atoms with Crippen LogP contribution < -0.4 is 0 Å². The summed E-state index contributed by atoms with van der Waals surface area (Å²) >= 11 is 0. The molecule has 0 amide bonds. The Kier molecular flexibility index (Phi) is 6.93. The van der Waals surface area contributed by atoms with Crippen molar-refractivity contribution >= 4 is 22.6 Å². The first-order valence-corrected chi connectivity index (χ1v) is 11.5. The van der Waals surface area contributed by atoms with Crippen LogP contribution in [0.1, 0.15) is 18.3 Å². The van der Waals surface area contributed by atoms with Crippen LogP contribution in [0.4, 0.5) is 26.3 Å². The van der Waals surface area contributed by atoms with E-state index in [1.54, 1.807) is 0 Å². The quantitative estimate of drug-likeness (QED) is 0.254. The number of imidazole rings is 1. The monoisotopic (exact) mass is 516 g/mol. The molecule has 0 saturated heterocycles. The predicted octanol–water partition coefficient (Wildman–Crippen LogP) is 5.27. The number of hydrogen-bond donors (Lipinski definition) is 0. The molecule has 0 bridgehead atoms. The topological polar surface area (TPSA) is 77.2 Å². The van der Waals surface area contributed by atoms with Crippen molar-refractivity contribution in [2.45, 2.75) is 24.9 Å². The summed E-state index contributed by atoms with van der Waals surface area (Å²) < 4.78 is 108. The van der Waals surface area contributed by atoms with Crippen molar-refractivity contribution in [3.05, 3.63) is 58.9 Å². The molecular weight excluding hydrogens is 498 g/mol. The van der Waals surface area contributed by atoms with Crippen LogP contribution in [0, 0.1) is 24.4 Å². The van der Waals surface area contributed by atoms with Gasteiger partial charge < -0.3 is 4.57 Å². The molecule has 1 aromatic carbocycles. The third-order valence-electron chi connectivity index (χ3n) is 5.25. The second kappa shape index (κ2) is 9.29. The van der Waals surface area contributed by atoms with Gasteiger partial charge in [0.25, 0.3) is 0 Å². The lowest BCUT2D eigenvalue weighted by molar-refractivity contribution is -0.0912. The fourth-order valence-corrected chi connectivity index (χ4v) is 4.25. The van der Waals surface area contributed by atoms with Gasteiger partial charge in [0.15, 0.2) is 27.3 Å². The Hall–Kier alpha value is -3.48. The Morgan fingerprint density at radius 1 is 1.14 bits per heavy atom. The molecule has 0 radical (unpaired) electrons. The minimum Gasteiger partial charge on any atom is -0.329 e. The summed E-state index contributed by atoms with van der Waals surface area (Å²) in [5.74, 6) is -4.41. The number of allylic oxidation sites excluding steroid dienone is 1. The Morgan fingerprint density at radius 3 is 2.34 bits per heavy atom. The highest BCUT2D eigenvalue weighted by Crippen LogP contribution is 2.34. The van der Waals surface area contributed by atoms with Gasteiger partial charge in [-0.3, -0.25) is 9.98 Å². The maximum atomic E-state index is 14.3. The first-order chi connectivity index (χ1) is 16.2. The van der Waals surface area contributed by atoms with Gasteiger partial charge in [-0.2, -0.15) is 13.2 Å². The number of sulfone groups is 1. The zero-order valence-electron chi connectivity index (χ0n) is 18.6. The minimum atomic E-state index is -4.79. The number of aromatic nitrogens is 3. The first kappa shape index (κ1) is 26.1. The van der Waals surface area contributed by atoms with Crippen molar-refractivity contribution < 1.29 is 34.8 Å². The van der Waals surface area contributed by atoms with Crippen molar-refractivity contribution in [1.29, 1.82) is 0 Å². The predicted molar refractivity (Wildman–Crippen MR) is 118 cm³/mol. The summed E-state index contributed by atoms with van der Waals surface area (Å²) in [6.45, 7) is 5.71. The van der Waals surface area contributed by atoms with Crippen LogP contribution in [0.2, 0.25) is 0 Å². The number of benzene rings is 1. The van der Waals surface area contributed by atoms with E-state index in [-0.39, 0.29) is 28.5 Å². The lowest BCUT2D eigenvalue weighted by Gasteiger charge is -2.12. The van der Waals surface area contributed by atoms with Gasteiger partial charge in [0.1, 0.15) is 17.2 Å². The number of pyridine rings is 1. The molecule has 3 rings (SSSR count). The summed E-state index contributed by atoms with van der Waals surface area (Å²) in [6.07, 6.45) is -3.10. The van der Waals surface area contributed by atoms with Crippen LogP contribution >= 0.6 is 0 Å². The van der Waals surface area contributed by atoms with Crippen LogP contribution in [-0.4, -0.2) is 41.6 Å². The highest BCUT2D eigenvalue weighted by Gasteiger charge is 2.34. The standard InChI is InChI=1S/C22H18F6N4O2S/c1-5-35(33,34)18-6-12(13-7-15(24)16(25)8-14(13)23)10-30-20(18)21-31-17(11(2)32(21)4)9-19(29-3)22(26,27)28/h6-10H,3,5H2,1-2,4H3/b19-9-. The van der Waals surface area contributed by atoms with Crippen LogP contribution in [0.15, 0.2) is 40.0 Å². The fourth-order valence-electron chi connectivity index (χ4n) is 3.19. The lowest BCUT2D eigenvalue weighted by atomic mass is 10.1. The van der Waals surface area contributed by atoms with E-state index in [4.69, 9.17) is 0 Å². The maximum absolute atomic E-state index is 14.3. The summed E-state index contributed by atoms with van der Waals surface area (Å²) in [5.41, 5.74) is -2.02. The van der Waals surface area contributed by atoms with Crippen LogP contribution in [-0.2, 0) is 16.9 Å². The minimum absolute atomic E-state index is 0.0938. The van der Waals surface area contributed by atoms with Gasteiger partial charge >= 0.3 is 6.18 Å². The van der Waals surface area contributed by atoms with E-state index in [0.717, 1.165) is 12.3 Å². The average Bonchev–Trinajstić information content (AvgIpc) is 3.07. The normalized spacial score (nSPS) is 12.8. The molecule has 35 heavy (non-hydrogen) atoms. The van der Waals surface area contributed by atoms with Gasteiger partial charge in [-0.15, -0.1) is 0 Å². The first-order valence-electron chi connectivity index (χ1n) is 9.88. The van der Waals surface area contributed by atoms with Gasteiger partial charge in [-0.05, 0) is 31.9 Å². The van der Waals surface area contributed by atoms with Crippen molar-refractivity contribution in [2.75, 3.05) is 5.75 Å². The Morgan fingerprint density at radius 2 is 1.77 bits per heavy atom. The highest BCUT2D eigenvalue weighted by atomic mass is 32.2. The molecule has 0 atom stereocenters. The molecule has 0 saturated carbocycles. The maximum Gasteiger partial charge on any atom is 0.433 e. The number of nitrogens with zero attached hydrogens (tertiary/aromatic N) is 4. The molecule has 2 aromatic heterocycles. The third-order valence-corrected chi connectivity index (χ3v) is 6.99. The molecule has 0 aliphatic heterocycles. The number of alkyl halides is 3. The zero-order chi connectivity index (χ0) is 26.3. The third kappa shape index (κ3) is 4.99. The van der Waals surface area contributed by atoms with Gasteiger partial charge in [-0.25, -0.2) is 26.6 Å². The smallest absolute Gasteiger partial charge is 0.329 e. The van der Waals surface area contributed by atoms with E-state index in [9.17, 15) is 34.8 Å². The molecule has 6 nitrogen and oxygen atoms in total. The molecule has 2 heterocycles. The van der Waals surface area contributed by atoms with Crippen LogP contribution in [0.25, 0.3) is 28.7 Å². The molecule has 0 spiro atoms. The Balaban J connectivity index is 2.28. The number of aliphatic imine (C=N–C) groups is 1. The molecule has 186 valence electrons. The SMILES string of the molecule is C=N/C(=C\c1nc(-c2ncc(-c3cc(F)c(F)cc3F)cc2S(=O)(=O)CC)n(C)c1C)C(F)(F)F. The molecule has 0 N–H and O–H groups in total. The van der Waals surface area contributed by atoms with Crippen molar-refractivity contribution in [1.82, 2.24) is 14.5 Å². The molecule has 0 unspecified atom stereocenters. The molecular formula is C22H18F6N4O2S. The van der Waals surface area contributed by atoms with Crippen LogP contribution in [0.3, 0.4) is 0 Å². The van der Waals surface area contributed by atoms with E-state index >= 15 is 0 Å². The van der Waals surface area contributed by atoms with Gasteiger partial charge in [-0.1, -0.05) is 6.92 Å². The molecule has 0 aliphatic carbocycles. The van der Waals surface area contributed by atoms with Gasteiger partial charge in [0.05, 0.1) is 16.3 Å². The molecule has 3 aromatic rings. The van der Waals surface area contributed by atoms with Crippen molar-refractivity contribution in [3.63, 3.8) is 0 Å². The molecule has 0 aliphatic rings. The van der Waals surface area contributed by atoms with E-state index in [1.807, 2.05) is 0 Å². The zero-order valence-corrected chi connectivity index (χ0v) is 19.4. The largest absolute Gasteiger partial charge is 0.433 e. The van der Waals surface area contributed by atoms with Crippen molar-refractivity contribution in [2.24, 2.45) is 12.0 Å². The summed E-state index contributed by atoms with van der Waals surface area (Å²) in [7, 11) is -2.60. The van der Waals surface area contributed by atoms with Gasteiger partial charge in [0.2, 0.25) is 0 Å². The van der Waals surface area contributed by atoms with Gasteiger partial charge in [0, 0.05) is 36.1 Å². The summed E-state index contributed by atoms with van der Waals surface area (Å²) in [5, 5.41) is 0. The molecule has 0 fully saturated rings. The number of halogens is 6. The van der Waals surface area contributed by atoms with E-state index in [1.165, 1.54) is 25.5 Å². The lowest BCUT2D eigenvalue weighted by Crippen LogP contribution is -2.09. The summed E-state index contributed by atoms with van der Waals surface area (Å²) in [4.78, 5) is 10.8. The fraction of sp³-hybridized carbons (Fsp3) is 0.227. The second-order valence-electron chi connectivity index (χ2n) is 7.37. The van der Waals surface area contributed by atoms with E-state index < -0.39 is 55.4 Å². The summed E-state index contributed by atoms with van der Waals surface area (Å²) in [6, 6.07) is 1.92. The van der Waals surface area contributed by atoms with Crippen molar-refractivity contribution in [3.8, 4) is 22.6 Å².